The lowest BCUT2D eigenvalue weighted by Crippen LogP contribution is -2.06. The van der Waals surface area contributed by atoms with Gasteiger partial charge < -0.3 is 14.6 Å². The SMILES string of the molecule is CCCCOc1ccc(OC(O)c2cccc(Cl)c2)cc1. The number of hydrogen-bond donors (Lipinski definition) is 1. The van der Waals surface area contributed by atoms with Gasteiger partial charge in [0.15, 0.2) is 0 Å². The summed E-state index contributed by atoms with van der Waals surface area (Å²) in [5.74, 6) is 1.37. The van der Waals surface area contributed by atoms with Crippen LogP contribution in [0.5, 0.6) is 11.5 Å². The number of unbranched alkanes of at least 4 members (excludes halogenated alkanes) is 1. The van der Waals surface area contributed by atoms with E-state index in [9.17, 15) is 5.11 Å². The van der Waals surface area contributed by atoms with Crippen molar-refractivity contribution in [3.63, 3.8) is 0 Å². The third kappa shape index (κ3) is 4.96. The molecule has 0 aliphatic rings. The molecule has 0 radical (unpaired) electrons. The number of rotatable bonds is 7. The highest BCUT2D eigenvalue weighted by Gasteiger charge is 2.09. The van der Waals surface area contributed by atoms with Crippen LogP contribution in [-0.4, -0.2) is 11.7 Å². The average molecular weight is 307 g/mol. The second-order valence-corrected chi connectivity index (χ2v) is 5.14. The van der Waals surface area contributed by atoms with Gasteiger partial charge in [0, 0.05) is 10.6 Å². The van der Waals surface area contributed by atoms with E-state index in [-0.39, 0.29) is 0 Å². The van der Waals surface area contributed by atoms with Gasteiger partial charge in [-0.2, -0.15) is 0 Å². The van der Waals surface area contributed by atoms with Crippen molar-refractivity contribution in [1.29, 1.82) is 0 Å². The second kappa shape index (κ2) is 7.91. The van der Waals surface area contributed by atoms with Gasteiger partial charge in [-0.05, 0) is 42.8 Å². The normalized spacial score (nSPS) is 12.0. The van der Waals surface area contributed by atoms with Gasteiger partial charge in [0.05, 0.1) is 6.61 Å². The van der Waals surface area contributed by atoms with Crippen LogP contribution in [0.15, 0.2) is 48.5 Å². The van der Waals surface area contributed by atoms with Crippen LogP contribution in [0, 0.1) is 0 Å². The van der Waals surface area contributed by atoms with Crippen LogP contribution >= 0.6 is 11.6 Å². The molecular formula is C17H19ClO3. The van der Waals surface area contributed by atoms with Crippen molar-refractivity contribution in [2.24, 2.45) is 0 Å². The maximum atomic E-state index is 10.0. The Hall–Kier alpha value is -1.71. The molecule has 2 aromatic rings. The van der Waals surface area contributed by atoms with Crippen LogP contribution in [-0.2, 0) is 0 Å². The molecule has 0 fully saturated rings. The van der Waals surface area contributed by atoms with Crippen LogP contribution in [0.4, 0.5) is 0 Å². The van der Waals surface area contributed by atoms with Crippen LogP contribution in [0.2, 0.25) is 5.02 Å². The monoisotopic (exact) mass is 306 g/mol. The standard InChI is InChI=1S/C17H19ClO3/c1-2-3-11-20-15-7-9-16(10-8-15)21-17(19)13-5-4-6-14(18)12-13/h4-10,12,17,19H,2-3,11H2,1H3. The predicted molar refractivity (Wildman–Crippen MR) is 83.9 cm³/mol. The summed E-state index contributed by atoms with van der Waals surface area (Å²) in [6.45, 7) is 2.83. The fraction of sp³-hybridized carbons (Fsp3) is 0.294. The molecule has 2 rings (SSSR count). The lowest BCUT2D eigenvalue weighted by atomic mass is 10.2. The zero-order valence-electron chi connectivity index (χ0n) is 12.0. The summed E-state index contributed by atoms with van der Waals surface area (Å²) < 4.78 is 11.0. The third-order valence-electron chi connectivity index (χ3n) is 2.97. The molecule has 4 heteroatoms. The van der Waals surface area contributed by atoms with Gasteiger partial charge in [-0.3, -0.25) is 0 Å². The number of benzene rings is 2. The molecule has 0 heterocycles. The molecule has 0 spiro atoms. The molecule has 0 amide bonds. The molecule has 21 heavy (non-hydrogen) atoms. The van der Waals surface area contributed by atoms with Crippen LogP contribution in [0.3, 0.4) is 0 Å². The van der Waals surface area contributed by atoms with Gasteiger partial charge in [-0.1, -0.05) is 37.1 Å². The maximum absolute atomic E-state index is 10.0. The maximum Gasteiger partial charge on any atom is 0.224 e. The van der Waals surface area contributed by atoms with E-state index in [1.807, 2.05) is 12.1 Å². The van der Waals surface area contributed by atoms with E-state index in [2.05, 4.69) is 6.92 Å². The minimum Gasteiger partial charge on any atom is -0.494 e. The van der Waals surface area contributed by atoms with Crippen LogP contribution < -0.4 is 9.47 Å². The van der Waals surface area contributed by atoms with E-state index in [0.717, 1.165) is 18.6 Å². The van der Waals surface area contributed by atoms with E-state index in [4.69, 9.17) is 21.1 Å². The molecule has 2 aromatic carbocycles. The first kappa shape index (κ1) is 15.7. The molecule has 0 aromatic heterocycles. The summed E-state index contributed by atoms with van der Waals surface area (Å²) in [5, 5.41) is 10.6. The molecule has 0 saturated carbocycles. The van der Waals surface area contributed by atoms with E-state index in [0.29, 0.717) is 22.9 Å². The van der Waals surface area contributed by atoms with Crippen molar-refractivity contribution in [2.75, 3.05) is 6.61 Å². The van der Waals surface area contributed by atoms with Crippen molar-refractivity contribution in [2.45, 2.75) is 26.1 Å². The van der Waals surface area contributed by atoms with Crippen molar-refractivity contribution >= 4 is 11.6 Å². The van der Waals surface area contributed by atoms with E-state index < -0.39 is 6.29 Å². The second-order valence-electron chi connectivity index (χ2n) is 4.70. The number of ether oxygens (including phenoxy) is 2. The molecule has 1 N–H and O–H groups in total. The lowest BCUT2D eigenvalue weighted by Gasteiger charge is -2.14. The van der Waals surface area contributed by atoms with Crippen molar-refractivity contribution in [3.05, 3.63) is 59.1 Å². The summed E-state index contributed by atoms with van der Waals surface area (Å²) in [4.78, 5) is 0. The minimum atomic E-state index is -1.05. The summed E-state index contributed by atoms with van der Waals surface area (Å²) >= 11 is 5.89. The molecule has 1 atom stereocenters. The molecule has 0 saturated heterocycles. The number of aliphatic hydroxyl groups excluding tert-OH is 1. The summed E-state index contributed by atoms with van der Waals surface area (Å²) in [6.07, 6.45) is 1.09. The fourth-order valence-corrected chi connectivity index (χ4v) is 2.00. The van der Waals surface area contributed by atoms with Crippen LogP contribution in [0.1, 0.15) is 31.6 Å². The van der Waals surface area contributed by atoms with Crippen molar-refractivity contribution in [3.8, 4) is 11.5 Å². The Bertz CT molecular complexity index is 554. The Balaban J connectivity index is 1.93. The van der Waals surface area contributed by atoms with Gasteiger partial charge >= 0.3 is 0 Å². The molecule has 0 aliphatic carbocycles. The molecule has 112 valence electrons. The van der Waals surface area contributed by atoms with Crippen molar-refractivity contribution < 1.29 is 14.6 Å². The van der Waals surface area contributed by atoms with E-state index >= 15 is 0 Å². The lowest BCUT2D eigenvalue weighted by molar-refractivity contribution is -0.0194. The Morgan fingerprint density at radius 2 is 1.81 bits per heavy atom. The molecule has 0 aliphatic heterocycles. The molecular weight excluding hydrogens is 288 g/mol. The van der Waals surface area contributed by atoms with E-state index in [1.165, 1.54) is 0 Å². The van der Waals surface area contributed by atoms with Gasteiger partial charge in [0.1, 0.15) is 11.5 Å². The highest BCUT2D eigenvalue weighted by molar-refractivity contribution is 6.30. The fourth-order valence-electron chi connectivity index (χ4n) is 1.81. The summed E-state index contributed by atoms with van der Waals surface area (Å²) in [7, 11) is 0. The first-order chi connectivity index (χ1) is 10.2. The summed E-state index contributed by atoms with van der Waals surface area (Å²) in [6, 6.07) is 14.2. The van der Waals surface area contributed by atoms with Crippen LogP contribution in [0.25, 0.3) is 0 Å². The number of halogens is 1. The van der Waals surface area contributed by atoms with Gasteiger partial charge in [-0.25, -0.2) is 0 Å². The minimum absolute atomic E-state index is 0.565. The highest BCUT2D eigenvalue weighted by Crippen LogP contribution is 2.24. The quantitative estimate of drug-likeness (QED) is 0.600. The zero-order chi connectivity index (χ0) is 15.1. The van der Waals surface area contributed by atoms with Gasteiger partial charge in [-0.15, -0.1) is 0 Å². The first-order valence-corrected chi connectivity index (χ1v) is 7.40. The van der Waals surface area contributed by atoms with Gasteiger partial charge in [0.2, 0.25) is 6.29 Å². The summed E-state index contributed by atoms with van der Waals surface area (Å²) in [5.41, 5.74) is 0.616. The zero-order valence-corrected chi connectivity index (χ0v) is 12.7. The molecule has 3 nitrogen and oxygen atoms in total. The molecule has 0 bridgehead atoms. The van der Waals surface area contributed by atoms with E-state index in [1.54, 1.807) is 36.4 Å². The Labute approximate surface area is 130 Å². The molecule has 1 unspecified atom stereocenters. The number of aliphatic hydroxyl groups is 1. The number of hydrogen-bond acceptors (Lipinski definition) is 3. The van der Waals surface area contributed by atoms with Crippen molar-refractivity contribution in [1.82, 2.24) is 0 Å². The topological polar surface area (TPSA) is 38.7 Å². The highest BCUT2D eigenvalue weighted by atomic mass is 35.5. The average Bonchev–Trinajstić information content (AvgIpc) is 2.49. The predicted octanol–water partition coefficient (Wildman–Crippen LogP) is 4.59. The first-order valence-electron chi connectivity index (χ1n) is 7.02. The Morgan fingerprint density at radius 1 is 1.10 bits per heavy atom. The third-order valence-corrected chi connectivity index (χ3v) is 3.21. The Morgan fingerprint density at radius 3 is 2.48 bits per heavy atom. The van der Waals surface area contributed by atoms with Gasteiger partial charge in [0.25, 0.3) is 0 Å². The largest absolute Gasteiger partial charge is 0.494 e. The Kier molecular flexibility index (Phi) is 5.90. The smallest absolute Gasteiger partial charge is 0.224 e.